The Morgan fingerprint density at radius 1 is 1.24 bits per heavy atom. The zero-order chi connectivity index (χ0) is 14.7. The second-order valence-electron chi connectivity index (χ2n) is 7.77. The molecule has 5 atom stereocenters. The first-order chi connectivity index (χ1) is 10.1. The third-order valence-electron chi connectivity index (χ3n) is 6.87. The summed E-state index contributed by atoms with van der Waals surface area (Å²) in [5.41, 5.74) is 8.36. The Bertz CT molecular complexity index is 568. The van der Waals surface area contributed by atoms with Crippen LogP contribution in [0.5, 0.6) is 0 Å². The molecule has 4 saturated carbocycles. The Hall–Kier alpha value is -0.890. The van der Waals surface area contributed by atoms with Crippen LogP contribution in [-0.2, 0) is 5.41 Å². The van der Waals surface area contributed by atoms with Crippen LogP contribution in [0.2, 0.25) is 0 Å². The van der Waals surface area contributed by atoms with Crippen molar-refractivity contribution in [2.75, 3.05) is 0 Å². The van der Waals surface area contributed by atoms with Gasteiger partial charge in [0.1, 0.15) is 0 Å². The summed E-state index contributed by atoms with van der Waals surface area (Å²) in [4.78, 5) is 0.814. The van der Waals surface area contributed by atoms with Gasteiger partial charge in [-0.3, -0.25) is 0 Å². The highest BCUT2D eigenvalue weighted by Crippen LogP contribution is 2.73. The van der Waals surface area contributed by atoms with Gasteiger partial charge in [-0.2, -0.15) is 0 Å². The minimum atomic E-state index is 0.175. The van der Waals surface area contributed by atoms with E-state index in [2.05, 4.69) is 37.3 Å². The molecule has 1 aromatic rings. The molecule has 4 aliphatic rings. The van der Waals surface area contributed by atoms with Gasteiger partial charge in [0.2, 0.25) is 0 Å². The molecular weight excluding hydrogens is 274 g/mol. The maximum atomic E-state index is 6.28. The third-order valence-corrected chi connectivity index (χ3v) is 7.28. The van der Waals surface area contributed by atoms with Gasteiger partial charge in [0, 0.05) is 5.41 Å². The van der Waals surface area contributed by atoms with Crippen molar-refractivity contribution in [3.8, 4) is 0 Å². The third kappa shape index (κ3) is 1.72. The van der Waals surface area contributed by atoms with E-state index in [4.69, 9.17) is 18.0 Å². The van der Waals surface area contributed by atoms with E-state index in [9.17, 15) is 0 Å². The van der Waals surface area contributed by atoms with E-state index in [0.29, 0.717) is 5.41 Å². The number of nitrogens with two attached hydrogens (primary N) is 1. The van der Waals surface area contributed by atoms with Crippen molar-refractivity contribution in [2.24, 2.45) is 28.9 Å². The van der Waals surface area contributed by atoms with Gasteiger partial charge in [0.15, 0.2) is 0 Å². The highest BCUT2D eigenvalue weighted by Gasteiger charge is 2.68. The normalized spacial score (nSPS) is 43.4. The summed E-state index contributed by atoms with van der Waals surface area (Å²) in [5, 5.41) is 0. The largest absolute Gasteiger partial charge is 0.393 e. The van der Waals surface area contributed by atoms with Crippen LogP contribution in [0.4, 0.5) is 0 Å². The second kappa shape index (κ2) is 4.55. The standard InChI is InChI=1S/C19H25NS/c1-2-6-15-13-9-18(14-7-4-3-5-8-14)11-16(15)19(10-13,12-18)17(20)21/h3-5,7-8,13,15-16H,2,6,9-12H2,1H3,(H2,20,21)/t13-,15?,16?,18?,19?/m1/s1. The average Bonchev–Trinajstić information content (AvgIpc) is 2.86. The van der Waals surface area contributed by atoms with Crippen molar-refractivity contribution < 1.29 is 0 Å². The maximum absolute atomic E-state index is 6.28. The molecule has 1 nitrogen and oxygen atoms in total. The first-order valence-electron chi connectivity index (χ1n) is 8.47. The van der Waals surface area contributed by atoms with Gasteiger partial charge >= 0.3 is 0 Å². The zero-order valence-electron chi connectivity index (χ0n) is 12.8. The molecular formula is C19H25NS. The summed E-state index contributed by atoms with van der Waals surface area (Å²) < 4.78 is 0. The van der Waals surface area contributed by atoms with Gasteiger partial charge in [-0.25, -0.2) is 0 Å². The van der Waals surface area contributed by atoms with Crippen LogP contribution < -0.4 is 5.73 Å². The van der Waals surface area contributed by atoms with E-state index in [1.165, 1.54) is 44.1 Å². The Morgan fingerprint density at radius 2 is 2.00 bits per heavy atom. The highest BCUT2D eigenvalue weighted by molar-refractivity contribution is 7.80. The molecule has 4 unspecified atom stereocenters. The molecule has 4 aliphatic carbocycles. The van der Waals surface area contributed by atoms with Gasteiger partial charge in [0.05, 0.1) is 4.99 Å². The van der Waals surface area contributed by atoms with Crippen molar-refractivity contribution in [1.29, 1.82) is 0 Å². The summed E-state index contributed by atoms with van der Waals surface area (Å²) >= 11 is 5.57. The predicted molar refractivity (Wildman–Crippen MR) is 91.2 cm³/mol. The molecule has 4 fully saturated rings. The fraction of sp³-hybridized carbons (Fsp3) is 0.632. The summed E-state index contributed by atoms with van der Waals surface area (Å²) in [6.45, 7) is 2.32. The van der Waals surface area contributed by atoms with Gasteiger partial charge < -0.3 is 5.73 Å². The van der Waals surface area contributed by atoms with Gasteiger partial charge in [-0.1, -0.05) is 62.3 Å². The number of hydrogen-bond acceptors (Lipinski definition) is 1. The van der Waals surface area contributed by atoms with Crippen molar-refractivity contribution >= 4 is 17.2 Å². The Labute approximate surface area is 133 Å². The molecule has 0 saturated heterocycles. The van der Waals surface area contributed by atoms with E-state index >= 15 is 0 Å². The lowest BCUT2D eigenvalue weighted by Crippen LogP contribution is -2.40. The molecule has 4 bridgehead atoms. The smallest absolute Gasteiger partial charge is 0.0793 e. The molecule has 1 aromatic carbocycles. The summed E-state index contributed by atoms with van der Waals surface area (Å²) in [6.07, 6.45) is 7.82. The molecule has 0 aliphatic heterocycles. The lowest BCUT2D eigenvalue weighted by atomic mass is 9.61. The van der Waals surface area contributed by atoms with E-state index in [1.54, 1.807) is 0 Å². The molecule has 112 valence electrons. The van der Waals surface area contributed by atoms with Crippen molar-refractivity contribution in [3.63, 3.8) is 0 Å². The second-order valence-corrected chi connectivity index (χ2v) is 8.21. The van der Waals surface area contributed by atoms with Gasteiger partial charge in [-0.05, 0) is 54.4 Å². The molecule has 2 N–H and O–H groups in total. The van der Waals surface area contributed by atoms with Crippen molar-refractivity contribution in [1.82, 2.24) is 0 Å². The van der Waals surface area contributed by atoms with E-state index in [1.807, 2.05) is 0 Å². The first kappa shape index (κ1) is 13.8. The van der Waals surface area contributed by atoms with Crippen LogP contribution in [0, 0.1) is 23.2 Å². The number of thiocarbonyl (C=S) groups is 1. The monoisotopic (exact) mass is 299 g/mol. The van der Waals surface area contributed by atoms with Crippen LogP contribution in [0.15, 0.2) is 30.3 Å². The molecule has 21 heavy (non-hydrogen) atoms. The Kier molecular flexibility index (Phi) is 2.98. The van der Waals surface area contributed by atoms with Crippen LogP contribution in [0.3, 0.4) is 0 Å². The van der Waals surface area contributed by atoms with E-state index in [-0.39, 0.29) is 5.41 Å². The van der Waals surface area contributed by atoms with Crippen LogP contribution in [0.25, 0.3) is 0 Å². The fourth-order valence-electron chi connectivity index (χ4n) is 6.31. The molecule has 0 spiro atoms. The van der Waals surface area contributed by atoms with Gasteiger partial charge in [0.25, 0.3) is 0 Å². The number of hydrogen-bond donors (Lipinski definition) is 1. The molecule has 0 aromatic heterocycles. The number of benzene rings is 1. The van der Waals surface area contributed by atoms with Crippen LogP contribution in [0.1, 0.15) is 51.0 Å². The van der Waals surface area contributed by atoms with Crippen molar-refractivity contribution in [3.05, 3.63) is 35.9 Å². The molecule has 0 radical (unpaired) electrons. The Morgan fingerprint density at radius 3 is 2.67 bits per heavy atom. The minimum Gasteiger partial charge on any atom is -0.393 e. The summed E-state index contributed by atoms with van der Waals surface area (Å²) in [5.74, 6) is 2.46. The highest BCUT2D eigenvalue weighted by atomic mass is 32.1. The minimum absolute atomic E-state index is 0.175. The number of rotatable bonds is 4. The van der Waals surface area contributed by atoms with Gasteiger partial charge in [-0.15, -0.1) is 0 Å². The van der Waals surface area contributed by atoms with E-state index in [0.717, 1.165) is 22.7 Å². The predicted octanol–water partition coefficient (Wildman–Crippen LogP) is 4.45. The maximum Gasteiger partial charge on any atom is 0.0793 e. The average molecular weight is 299 g/mol. The molecule has 0 amide bonds. The molecule has 5 rings (SSSR count). The van der Waals surface area contributed by atoms with Crippen LogP contribution in [-0.4, -0.2) is 4.99 Å². The summed E-state index contributed by atoms with van der Waals surface area (Å²) in [6, 6.07) is 11.2. The molecule has 0 heterocycles. The first-order valence-corrected chi connectivity index (χ1v) is 8.87. The van der Waals surface area contributed by atoms with Crippen molar-refractivity contribution in [2.45, 2.75) is 50.9 Å². The summed E-state index contributed by atoms with van der Waals surface area (Å²) in [7, 11) is 0. The lowest BCUT2D eigenvalue weighted by Gasteiger charge is -2.43. The zero-order valence-corrected chi connectivity index (χ0v) is 13.7. The quantitative estimate of drug-likeness (QED) is 0.831. The van der Waals surface area contributed by atoms with E-state index < -0.39 is 0 Å². The fourth-order valence-corrected chi connectivity index (χ4v) is 6.61. The van der Waals surface area contributed by atoms with Crippen LogP contribution >= 0.6 is 12.2 Å². The SMILES string of the molecule is CCCC1C2CC3(c4ccccc4)C[C@@H]1CC2(C(N)=S)C3. The Balaban J connectivity index is 1.77. The molecule has 2 heteroatoms. The lowest BCUT2D eigenvalue weighted by molar-refractivity contribution is 0.155. The topological polar surface area (TPSA) is 26.0 Å².